The van der Waals surface area contributed by atoms with Gasteiger partial charge in [0.15, 0.2) is 0 Å². The topological polar surface area (TPSA) is 53.3 Å². The average molecular weight is 156 g/mol. The Hall–Kier alpha value is -1.08. The molecule has 4 heteroatoms. The zero-order chi connectivity index (χ0) is 8.53. The van der Waals surface area contributed by atoms with Crippen LogP contribution in [0.25, 0.3) is 0 Å². The first-order chi connectivity index (χ1) is 5.35. The van der Waals surface area contributed by atoms with Gasteiger partial charge in [-0.2, -0.15) is 5.26 Å². The van der Waals surface area contributed by atoms with Crippen LogP contribution in [0.15, 0.2) is 0 Å². The molecule has 0 saturated carbocycles. The van der Waals surface area contributed by atoms with Gasteiger partial charge in [-0.25, -0.2) is 0 Å². The van der Waals surface area contributed by atoms with Crippen LogP contribution in [0.5, 0.6) is 0 Å². The molecule has 11 heavy (non-hydrogen) atoms. The minimum Gasteiger partial charge on any atom is -0.383 e. The molecule has 0 aromatic heterocycles. The Labute approximate surface area is 66.4 Å². The Morgan fingerprint density at radius 1 is 1.64 bits per heavy atom. The van der Waals surface area contributed by atoms with Crippen molar-refractivity contribution in [3.05, 3.63) is 0 Å². The van der Waals surface area contributed by atoms with Crippen molar-refractivity contribution in [2.75, 3.05) is 26.8 Å². The number of hydrogen-bond acceptors (Lipinski definition) is 3. The SMILES string of the molecule is COCCN(C=O)CCC#N. The predicted molar refractivity (Wildman–Crippen MR) is 39.7 cm³/mol. The monoisotopic (exact) mass is 156 g/mol. The molecule has 0 rings (SSSR count). The van der Waals surface area contributed by atoms with E-state index in [0.29, 0.717) is 26.1 Å². The molecule has 0 unspecified atom stereocenters. The first-order valence-corrected chi connectivity index (χ1v) is 3.40. The summed E-state index contributed by atoms with van der Waals surface area (Å²) in [4.78, 5) is 11.8. The van der Waals surface area contributed by atoms with Crippen LogP contribution in [0, 0.1) is 11.3 Å². The lowest BCUT2D eigenvalue weighted by atomic mass is 10.4. The first-order valence-electron chi connectivity index (χ1n) is 3.40. The summed E-state index contributed by atoms with van der Waals surface area (Å²) in [5.41, 5.74) is 0. The molecule has 0 spiro atoms. The third-order valence-corrected chi connectivity index (χ3v) is 1.24. The number of hydrogen-bond donors (Lipinski definition) is 0. The van der Waals surface area contributed by atoms with Crippen molar-refractivity contribution in [2.45, 2.75) is 6.42 Å². The Morgan fingerprint density at radius 2 is 2.36 bits per heavy atom. The minimum absolute atomic E-state index is 0.377. The lowest BCUT2D eigenvalue weighted by molar-refractivity contribution is -0.118. The van der Waals surface area contributed by atoms with Crippen LogP contribution >= 0.6 is 0 Å². The number of rotatable bonds is 6. The number of nitriles is 1. The molecule has 0 radical (unpaired) electrons. The van der Waals surface area contributed by atoms with Gasteiger partial charge in [0.2, 0.25) is 6.41 Å². The molecule has 0 bridgehead atoms. The van der Waals surface area contributed by atoms with E-state index in [0.717, 1.165) is 6.41 Å². The summed E-state index contributed by atoms with van der Waals surface area (Å²) in [6, 6.07) is 1.97. The molecule has 0 aliphatic carbocycles. The van der Waals surface area contributed by atoms with Crippen LogP contribution in [0.2, 0.25) is 0 Å². The third kappa shape index (κ3) is 5.37. The summed E-state index contributed by atoms with van der Waals surface area (Å²) in [6.07, 6.45) is 1.11. The highest BCUT2D eigenvalue weighted by atomic mass is 16.5. The van der Waals surface area contributed by atoms with Gasteiger partial charge >= 0.3 is 0 Å². The summed E-state index contributed by atoms with van der Waals surface area (Å²) in [5.74, 6) is 0. The maximum atomic E-state index is 10.3. The van der Waals surface area contributed by atoms with E-state index in [1.807, 2.05) is 6.07 Å². The van der Waals surface area contributed by atoms with E-state index in [1.54, 1.807) is 7.11 Å². The molecule has 0 fully saturated rings. The second-order valence-corrected chi connectivity index (χ2v) is 2.04. The fraction of sp³-hybridized carbons (Fsp3) is 0.714. The second kappa shape index (κ2) is 7.03. The van der Waals surface area contributed by atoms with Crippen molar-refractivity contribution in [3.8, 4) is 6.07 Å². The summed E-state index contributed by atoms with van der Waals surface area (Å²) in [7, 11) is 1.58. The Bertz CT molecular complexity index is 142. The highest BCUT2D eigenvalue weighted by Gasteiger charge is 1.98. The van der Waals surface area contributed by atoms with E-state index >= 15 is 0 Å². The number of nitrogens with zero attached hydrogens (tertiary/aromatic N) is 2. The van der Waals surface area contributed by atoms with Gasteiger partial charge in [-0.05, 0) is 0 Å². The molecular weight excluding hydrogens is 144 g/mol. The Balaban J connectivity index is 3.42. The standard InChI is InChI=1S/C7H12N2O2/c1-11-6-5-9(7-10)4-2-3-8/h7H,2,4-6H2,1H3. The maximum absolute atomic E-state index is 10.3. The van der Waals surface area contributed by atoms with E-state index in [4.69, 9.17) is 10.00 Å². The van der Waals surface area contributed by atoms with Gasteiger partial charge in [-0.15, -0.1) is 0 Å². The Kier molecular flexibility index (Phi) is 6.34. The molecule has 62 valence electrons. The van der Waals surface area contributed by atoms with Crippen molar-refractivity contribution in [2.24, 2.45) is 0 Å². The van der Waals surface area contributed by atoms with Gasteiger partial charge in [0, 0.05) is 20.2 Å². The maximum Gasteiger partial charge on any atom is 0.209 e. The van der Waals surface area contributed by atoms with Crippen molar-refractivity contribution < 1.29 is 9.53 Å². The lowest BCUT2D eigenvalue weighted by Gasteiger charge is -2.13. The molecular formula is C7H12N2O2. The van der Waals surface area contributed by atoms with Gasteiger partial charge in [0.1, 0.15) is 0 Å². The van der Waals surface area contributed by atoms with E-state index in [-0.39, 0.29) is 0 Å². The quantitative estimate of drug-likeness (QED) is 0.509. The van der Waals surface area contributed by atoms with E-state index in [1.165, 1.54) is 4.90 Å². The van der Waals surface area contributed by atoms with E-state index < -0.39 is 0 Å². The summed E-state index contributed by atoms with van der Waals surface area (Å²) >= 11 is 0. The predicted octanol–water partition coefficient (Wildman–Crippen LogP) is 0.00488. The molecule has 0 saturated heterocycles. The fourth-order valence-corrected chi connectivity index (χ4v) is 0.619. The van der Waals surface area contributed by atoms with Crippen molar-refractivity contribution in [1.29, 1.82) is 5.26 Å². The summed E-state index contributed by atoms with van der Waals surface area (Å²) in [6.45, 7) is 1.56. The van der Waals surface area contributed by atoms with Gasteiger partial charge in [-0.3, -0.25) is 4.79 Å². The van der Waals surface area contributed by atoms with Gasteiger partial charge in [0.25, 0.3) is 0 Å². The third-order valence-electron chi connectivity index (χ3n) is 1.24. The molecule has 4 nitrogen and oxygen atoms in total. The van der Waals surface area contributed by atoms with Crippen LogP contribution in [0.4, 0.5) is 0 Å². The molecule has 0 atom stereocenters. The number of ether oxygens (including phenoxy) is 1. The van der Waals surface area contributed by atoms with Crippen molar-refractivity contribution in [1.82, 2.24) is 4.90 Å². The molecule has 0 N–H and O–H groups in total. The zero-order valence-corrected chi connectivity index (χ0v) is 6.62. The second-order valence-electron chi connectivity index (χ2n) is 2.04. The first kappa shape index (κ1) is 9.92. The van der Waals surface area contributed by atoms with E-state index in [9.17, 15) is 4.79 Å². The number of carbonyl (C=O) groups excluding carboxylic acids is 1. The van der Waals surface area contributed by atoms with Crippen LogP contribution in [-0.4, -0.2) is 38.1 Å². The molecule has 0 aromatic carbocycles. The Morgan fingerprint density at radius 3 is 2.82 bits per heavy atom. The minimum atomic E-state index is 0.377. The van der Waals surface area contributed by atoms with Crippen LogP contribution in [0.3, 0.4) is 0 Å². The van der Waals surface area contributed by atoms with Crippen LogP contribution < -0.4 is 0 Å². The molecule has 0 heterocycles. The number of methoxy groups -OCH3 is 1. The highest BCUT2D eigenvalue weighted by molar-refractivity contribution is 5.46. The molecule has 0 aromatic rings. The van der Waals surface area contributed by atoms with E-state index in [2.05, 4.69) is 0 Å². The average Bonchev–Trinajstić information content (AvgIpc) is 2.05. The largest absolute Gasteiger partial charge is 0.383 e. The number of amides is 1. The summed E-state index contributed by atoms with van der Waals surface area (Å²) in [5, 5.41) is 8.21. The number of carbonyl (C=O) groups is 1. The van der Waals surface area contributed by atoms with Gasteiger partial charge in [0.05, 0.1) is 19.1 Å². The smallest absolute Gasteiger partial charge is 0.209 e. The normalized spacial score (nSPS) is 8.73. The van der Waals surface area contributed by atoms with Crippen LogP contribution in [-0.2, 0) is 9.53 Å². The van der Waals surface area contributed by atoms with Gasteiger partial charge < -0.3 is 9.64 Å². The van der Waals surface area contributed by atoms with Crippen molar-refractivity contribution >= 4 is 6.41 Å². The fourth-order valence-electron chi connectivity index (χ4n) is 0.619. The lowest BCUT2D eigenvalue weighted by Crippen LogP contribution is -2.26. The zero-order valence-electron chi connectivity index (χ0n) is 6.62. The van der Waals surface area contributed by atoms with Gasteiger partial charge in [-0.1, -0.05) is 0 Å². The van der Waals surface area contributed by atoms with Crippen LogP contribution in [0.1, 0.15) is 6.42 Å². The molecule has 0 aliphatic rings. The summed E-state index contributed by atoms with van der Waals surface area (Å²) < 4.78 is 4.77. The molecule has 0 aliphatic heterocycles. The van der Waals surface area contributed by atoms with Crippen molar-refractivity contribution in [3.63, 3.8) is 0 Å². The molecule has 1 amide bonds. The highest BCUT2D eigenvalue weighted by Crippen LogP contribution is 1.85.